The Hall–Kier alpha value is -4.21. The van der Waals surface area contributed by atoms with Crippen LogP contribution in [-0.4, -0.2) is 46.0 Å². The number of aromatic nitrogens is 2. The first-order chi connectivity index (χ1) is 13.9. The van der Waals surface area contributed by atoms with Crippen LogP contribution in [0.4, 0.5) is 5.69 Å². The van der Waals surface area contributed by atoms with E-state index in [0.717, 1.165) is 25.0 Å². The fourth-order valence-corrected chi connectivity index (χ4v) is 2.81. The summed E-state index contributed by atoms with van der Waals surface area (Å²) < 4.78 is 10.7. The number of carbonyl (C=O) groups excluding carboxylic acids is 2. The molecule has 0 aliphatic heterocycles. The normalized spacial score (nSPS) is 10.4. The fraction of sp³-hybridized carbons (Fsp3) is 0.105. The SMILES string of the molecule is COC(=O)c1c(-c2cccc([N+](=O)[O-])c2O)nn(-c2ccccc2)c1C(=O)OC. The number of phenols is 1. The molecular weight excluding hydrogens is 382 g/mol. The monoisotopic (exact) mass is 397 g/mol. The highest BCUT2D eigenvalue weighted by atomic mass is 16.6. The molecule has 3 rings (SSSR count). The number of hydrogen-bond acceptors (Lipinski definition) is 8. The Bertz CT molecular complexity index is 1110. The van der Waals surface area contributed by atoms with Crippen molar-refractivity contribution in [3.63, 3.8) is 0 Å². The first-order valence-electron chi connectivity index (χ1n) is 8.22. The smallest absolute Gasteiger partial charge is 0.357 e. The van der Waals surface area contributed by atoms with Crippen molar-refractivity contribution in [3.05, 3.63) is 69.9 Å². The molecule has 1 aromatic heterocycles. The number of carbonyl (C=O) groups is 2. The number of para-hydroxylation sites is 2. The molecular formula is C19H15N3O7. The van der Waals surface area contributed by atoms with E-state index in [1.165, 1.54) is 12.1 Å². The summed E-state index contributed by atoms with van der Waals surface area (Å²) in [5.41, 5.74) is -0.964. The number of benzene rings is 2. The van der Waals surface area contributed by atoms with Crippen LogP contribution in [0, 0.1) is 10.1 Å². The lowest BCUT2D eigenvalue weighted by Crippen LogP contribution is -2.15. The molecule has 148 valence electrons. The number of rotatable bonds is 5. The molecule has 29 heavy (non-hydrogen) atoms. The van der Waals surface area contributed by atoms with Crippen LogP contribution in [0.3, 0.4) is 0 Å². The van der Waals surface area contributed by atoms with Crippen molar-refractivity contribution in [2.45, 2.75) is 0 Å². The molecule has 0 saturated carbocycles. The summed E-state index contributed by atoms with van der Waals surface area (Å²) in [5, 5.41) is 25.9. The minimum atomic E-state index is -0.923. The fourth-order valence-electron chi connectivity index (χ4n) is 2.81. The van der Waals surface area contributed by atoms with E-state index in [4.69, 9.17) is 9.47 Å². The van der Waals surface area contributed by atoms with E-state index in [0.29, 0.717) is 5.69 Å². The van der Waals surface area contributed by atoms with E-state index in [-0.39, 0.29) is 22.5 Å². The van der Waals surface area contributed by atoms with Crippen LogP contribution in [0.25, 0.3) is 16.9 Å². The number of nitro groups is 1. The highest BCUT2D eigenvalue weighted by Gasteiger charge is 2.33. The maximum Gasteiger partial charge on any atom is 0.357 e. The molecule has 0 atom stereocenters. The second-order valence-corrected chi connectivity index (χ2v) is 5.73. The lowest BCUT2D eigenvalue weighted by atomic mass is 10.0. The van der Waals surface area contributed by atoms with Crippen molar-refractivity contribution in [1.82, 2.24) is 9.78 Å². The lowest BCUT2D eigenvalue weighted by Gasteiger charge is -2.07. The van der Waals surface area contributed by atoms with E-state index in [2.05, 4.69) is 5.10 Å². The van der Waals surface area contributed by atoms with Gasteiger partial charge in [-0.2, -0.15) is 5.10 Å². The van der Waals surface area contributed by atoms with Crippen molar-refractivity contribution in [2.24, 2.45) is 0 Å². The van der Waals surface area contributed by atoms with E-state index in [9.17, 15) is 24.8 Å². The third kappa shape index (κ3) is 3.38. The topological polar surface area (TPSA) is 134 Å². The molecule has 0 bridgehead atoms. The standard InChI is InChI=1S/C19H15N3O7/c1-28-18(24)14-15(12-9-6-10-13(17(12)23)22(26)27)20-21(16(14)19(25)29-2)11-7-4-3-5-8-11/h3-10,23H,1-2H3. The lowest BCUT2D eigenvalue weighted by molar-refractivity contribution is -0.385. The number of nitro benzene ring substituents is 1. The van der Waals surface area contributed by atoms with Crippen molar-refractivity contribution in [1.29, 1.82) is 0 Å². The zero-order chi connectivity index (χ0) is 21.1. The number of esters is 2. The van der Waals surface area contributed by atoms with Gasteiger partial charge in [0.05, 0.1) is 30.4 Å². The molecule has 0 aliphatic carbocycles. The largest absolute Gasteiger partial charge is 0.502 e. The Kier molecular flexibility index (Phi) is 5.26. The number of nitrogens with zero attached hydrogens (tertiary/aromatic N) is 3. The molecule has 10 nitrogen and oxygen atoms in total. The first-order valence-corrected chi connectivity index (χ1v) is 8.22. The predicted molar refractivity (Wildman–Crippen MR) is 100.0 cm³/mol. The van der Waals surface area contributed by atoms with Gasteiger partial charge in [-0.1, -0.05) is 24.3 Å². The maximum absolute atomic E-state index is 12.5. The van der Waals surface area contributed by atoms with Gasteiger partial charge in [-0.3, -0.25) is 10.1 Å². The van der Waals surface area contributed by atoms with Gasteiger partial charge in [0.2, 0.25) is 5.75 Å². The third-order valence-corrected chi connectivity index (χ3v) is 4.12. The van der Waals surface area contributed by atoms with Gasteiger partial charge in [0.15, 0.2) is 5.69 Å². The zero-order valence-electron chi connectivity index (χ0n) is 15.4. The van der Waals surface area contributed by atoms with Crippen LogP contribution in [-0.2, 0) is 9.47 Å². The van der Waals surface area contributed by atoms with Crippen molar-refractivity contribution in [2.75, 3.05) is 14.2 Å². The molecule has 0 radical (unpaired) electrons. The molecule has 3 aromatic rings. The van der Waals surface area contributed by atoms with Gasteiger partial charge >= 0.3 is 17.6 Å². The Balaban J connectivity index is 2.41. The first kappa shape index (κ1) is 19.5. The van der Waals surface area contributed by atoms with Gasteiger partial charge in [-0.25, -0.2) is 14.3 Å². The molecule has 0 fully saturated rings. The number of phenolic OH excluding ortho intramolecular Hbond substituents is 1. The highest BCUT2D eigenvalue weighted by Crippen LogP contribution is 2.39. The molecule has 10 heteroatoms. The van der Waals surface area contributed by atoms with Gasteiger partial charge in [0.25, 0.3) is 0 Å². The second kappa shape index (κ2) is 7.80. The predicted octanol–water partition coefficient (Wildman–Crippen LogP) is 2.73. The third-order valence-electron chi connectivity index (χ3n) is 4.12. The summed E-state index contributed by atoms with van der Waals surface area (Å²) in [5.74, 6) is -2.50. The number of aromatic hydroxyl groups is 1. The van der Waals surface area contributed by atoms with Crippen LogP contribution in [0.15, 0.2) is 48.5 Å². The number of ether oxygens (including phenoxy) is 2. The summed E-state index contributed by atoms with van der Waals surface area (Å²) in [7, 11) is 2.25. The average Bonchev–Trinajstić information content (AvgIpc) is 3.13. The summed E-state index contributed by atoms with van der Waals surface area (Å²) in [6.45, 7) is 0. The van der Waals surface area contributed by atoms with E-state index < -0.39 is 28.3 Å². The molecule has 0 amide bonds. The van der Waals surface area contributed by atoms with Gasteiger partial charge in [0, 0.05) is 6.07 Å². The van der Waals surface area contributed by atoms with Gasteiger partial charge < -0.3 is 14.6 Å². The Morgan fingerprint density at radius 3 is 2.28 bits per heavy atom. The van der Waals surface area contributed by atoms with Crippen molar-refractivity contribution >= 4 is 17.6 Å². The Morgan fingerprint density at radius 1 is 1.03 bits per heavy atom. The molecule has 1 heterocycles. The van der Waals surface area contributed by atoms with Gasteiger partial charge in [-0.05, 0) is 18.2 Å². The van der Waals surface area contributed by atoms with Gasteiger partial charge in [-0.15, -0.1) is 0 Å². The van der Waals surface area contributed by atoms with E-state index in [1.54, 1.807) is 30.3 Å². The molecule has 0 saturated heterocycles. The summed E-state index contributed by atoms with van der Waals surface area (Å²) in [4.78, 5) is 35.4. The molecule has 2 aromatic carbocycles. The Morgan fingerprint density at radius 2 is 1.69 bits per heavy atom. The van der Waals surface area contributed by atoms with Crippen LogP contribution in [0.1, 0.15) is 20.8 Å². The number of methoxy groups -OCH3 is 2. The minimum absolute atomic E-state index is 0.112. The zero-order valence-corrected chi connectivity index (χ0v) is 15.4. The van der Waals surface area contributed by atoms with Crippen molar-refractivity contribution < 1.29 is 29.1 Å². The van der Waals surface area contributed by atoms with E-state index in [1.807, 2.05) is 0 Å². The molecule has 0 unspecified atom stereocenters. The molecule has 0 aliphatic rings. The maximum atomic E-state index is 12.5. The average molecular weight is 397 g/mol. The van der Waals surface area contributed by atoms with E-state index >= 15 is 0 Å². The second-order valence-electron chi connectivity index (χ2n) is 5.73. The van der Waals surface area contributed by atoms with Crippen LogP contribution >= 0.6 is 0 Å². The van der Waals surface area contributed by atoms with Crippen molar-refractivity contribution in [3.8, 4) is 22.7 Å². The quantitative estimate of drug-likeness (QED) is 0.395. The summed E-state index contributed by atoms with van der Waals surface area (Å²) >= 11 is 0. The summed E-state index contributed by atoms with van der Waals surface area (Å²) in [6, 6.07) is 12.2. The molecule has 1 N–H and O–H groups in total. The van der Waals surface area contributed by atoms with Gasteiger partial charge in [0.1, 0.15) is 11.3 Å². The van der Waals surface area contributed by atoms with Crippen LogP contribution < -0.4 is 0 Å². The minimum Gasteiger partial charge on any atom is -0.502 e. The van der Waals surface area contributed by atoms with Crippen LogP contribution in [0.5, 0.6) is 5.75 Å². The highest BCUT2D eigenvalue weighted by molar-refractivity contribution is 6.07. The number of hydrogen-bond donors (Lipinski definition) is 1. The van der Waals surface area contributed by atoms with Crippen LogP contribution in [0.2, 0.25) is 0 Å². The molecule has 0 spiro atoms. The summed E-state index contributed by atoms with van der Waals surface area (Å²) in [6.07, 6.45) is 0. The Labute approximate surface area is 164 Å².